The number of hydrogen-bond acceptors (Lipinski definition) is 4. The van der Waals surface area contributed by atoms with Crippen molar-refractivity contribution in [3.8, 4) is 0 Å². The molecule has 0 saturated heterocycles. The standard InChI is InChI=1S/C16H17BrN2O2/c1-3-21-16(20)12-6-7-15(14(17)9-12)19-11(2)13-5-4-8-18-10-13/h4-11,19H,3H2,1-2H3. The molecule has 0 amide bonds. The van der Waals surface area contributed by atoms with Gasteiger partial charge in [0.25, 0.3) is 0 Å². The number of carbonyl (C=O) groups excluding carboxylic acids is 1. The van der Waals surface area contributed by atoms with Gasteiger partial charge >= 0.3 is 5.97 Å². The number of hydrogen-bond donors (Lipinski definition) is 1. The maximum absolute atomic E-state index is 11.7. The highest BCUT2D eigenvalue weighted by Crippen LogP contribution is 2.27. The molecular formula is C16H17BrN2O2. The minimum Gasteiger partial charge on any atom is -0.462 e. The lowest BCUT2D eigenvalue weighted by atomic mass is 10.1. The lowest BCUT2D eigenvalue weighted by molar-refractivity contribution is 0.0526. The molecule has 110 valence electrons. The third-order valence-corrected chi connectivity index (χ3v) is 3.69. The minimum atomic E-state index is -0.315. The van der Waals surface area contributed by atoms with Gasteiger partial charge in [-0.05, 0) is 59.6 Å². The SMILES string of the molecule is CCOC(=O)c1ccc(NC(C)c2cccnc2)c(Br)c1. The average molecular weight is 349 g/mol. The van der Waals surface area contributed by atoms with E-state index in [2.05, 4.69) is 33.2 Å². The van der Waals surface area contributed by atoms with Gasteiger partial charge < -0.3 is 10.1 Å². The zero-order valence-electron chi connectivity index (χ0n) is 12.0. The predicted octanol–water partition coefficient (Wildman–Crippen LogP) is 4.19. The number of nitrogens with one attached hydrogen (secondary N) is 1. The summed E-state index contributed by atoms with van der Waals surface area (Å²) in [6.07, 6.45) is 3.58. The van der Waals surface area contributed by atoms with Crippen molar-refractivity contribution in [3.63, 3.8) is 0 Å². The topological polar surface area (TPSA) is 51.2 Å². The van der Waals surface area contributed by atoms with Crippen molar-refractivity contribution in [2.45, 2.75) is 19.9 Å². The molecule has 1 unspecified atom stereocenters. The number of anilines is 1. The molecule has 0 aliphatic rings. The van der Waals surface area contributed by atoms with E-state index < -0.39 is 0 Å². The summed E-state index contributed by atoms with van der Waals surface area (Å²) in [5, 5.41) is 3.39. The third kappa shape index (κ3) is 4.04. The van der Waals surface area contributed by atoms with Crippen molar-refractivity contribution >= 4 is 27.6 Å². The highest BCUT2D eigenvalue weighted by Gasteiger charge is 2.11. The monoisotopic (exact) mass is 348 g/mol. The summed E-state index contributed by atoms with van der Waals surface area (Å²) >= 11 is 3.48. The molecule has 5 heteroatoms. The number of halogens is 1. The molecule has 2 rings (SSSR count). The Balaban J connectivity index is 2.13. The molecule has 2 aromatic rings. The van der Waals surface area contributed by atoms with Crippen molar-refractivity contribution < 1.29 is 9.53 Å². The van der Waals surface area contributed by atoms with Crippen molar-refractivity contribution in [2.24, 2.45) is 0 Å². The van der Waals surface area contributed by atoms with Crippen molar-refractivity contribution in [3.05, 3.63) is 58.3 Å². The molecular weight excluding hydrogens is 332 g/mol. The van der Waals surface area contributed by atoms with E-state index in [-0.39, 0.29) is 12.0 Å². The first-order chi connectivity index (χ1) is 10.1. The van der Waals surface area contributed by atoms with Gasteiger partial charge in [0, 0.05) is 22.6 Å². The van der Waals surface area contributed by atoms with Gasteiger partial charge in [-0.25, -0.2) is 4.79 Å². The zero-order chi connectivity index (χ0) is 15.2. The largest absolute Gasteiger partial charge is 0.462 e. The quantitative estimate of drug-likeness (QED) is 0.823. The first kappa shape index (κ1) is 15.5. The second kappa shape index (κ2) is 7.22. The number of rotatable bonds is 5. The molecule has 21 heavy (non-hydrogen) atoms. The Morgan fingerprint density at radius 2 is 2.24 bits per heavy atom. The van der Waals surface area contributed by atoms with E-state index in [9.17, 15) is 4.79 Å². The van der Waals surface area contributed by atoms with Gasteiger partial charge in [0.15, 0.2) is 0 Å². The Morgan fingerprint density at radius 1 is 1.43 bits per heavy atom. The number of nitrogens with zero attached hydrogens (tertiary/aromatic N) is 1. The number of pyridine rings is 1. The molecule has 4 nitrogen and oxygen atoms in total. The summed E-state index contributed by atoms with van der Waals surface area (Å²) in [5.74, 6) is -0.315. The fraction of sp³-hybridized carbons (Fsp3) is 0.250. The Kier molecular flexibility index (Phi) is 5.33. The van der Waals surface area contributed by atoms with E-state index in [0.29, 0.717) is 12.2 Å². The van der Waals surface area contributed by atoms with E-state index in [1.54, 1.807) is 25.3 Å². The molecule has 0 spiro atoms. The van der Waals surface area contributed by atoms with E-state index in [4.69, 9.17) is 4.74 Å². The van der Waals surface area contributed by atoms with Gasteiger partial charge in [-0.1, -0.05) is 6.07 Å². The van der Waals surface area contributed by atoms with Gasteiger partial charge in [-0.15, -0.1) is 0 Å². The number of ether oxygens (including phenoxy) is 1. The van der Waals surface area contributed by atoms with Crippen LogP contribution in [0.15, 0.2) is 47.2 Å². The van der Waals surface area contributed by atoms with Crippen molar-refractivity contribution in [2.75, 3.05) is 11.9 Å². The van der Waals surface area contributed by atoms with Crippen LogP contribution in [0, 0.1) is 0 Å². The second-order valence-corrected chi connectivity index (χ2v) is 5.42. The van der Waals surface area contributed by atoms with Crippen LogP contribution in [0.25, 0.3) is 0 Å². The maximum atomic E-state index is 11.7. The predicted molar refractivity (Wildman–Crippen MR) is 86.4 cm³/mol. The van der Waals surface area contributed by atoms with E-state index in [1.165, 1.54) is 0 Å². The van der Waals surface area contributed by atoms with Crippen LogP contribution in [0.5, 0.6) is 0 Å². The molecule has 0 bridgehead atoms. The second-order valence-electron chi connectivity index (χ2n) is 4.57. The molecule has 0 aliphatic carbocycles. The fourth-order valence-corrected chi connectivity index (χ4v) is 2.42. The van der Waals surface area contributed by atoms with E-state index in [0.717, 1.165) is 15.7 Å². The Bertz CT molecular complexity index is 617. The lowest BCUT2D eigenvalue weighted by Crippen LogP contribution is -2.09. The van der Waals surface area contributed by atoms with Crippen LogP contribution >= 0.6 is 15.9 Å². The van der Waals surface area contributed by atoms with Crippen LogP contribution < -0.4 is 5.32 Å². The van der Waals surface area contributed by atoms with Crippen LogP contribution in [-0.4, -0.2) is 17.6 Å². The third-order valence-electron chi connectivity index (χ3n) is 3.04. The Morgan fingerprint density at radius 3 is 2.86 bits per heavy atom. The summed E-state index contributed by atoms with van der Waals surface area (Å²) in [6.45, 7) is 4.22. The number of aromatic nitrogens is 1. The molecule has 1 N–H and O–H groups in total. The molecule has 1 heterocycles. The van der Waals surface area contributed by atoms with Crippen molar-refractivity contribution in [1.29, 1.82) is 0 Å². The average Bonchev–Trinajstić information content (AvgIpc) is 2.50. The number of benzene rings is 1. The van der Waals surface area contributed by atoms with E-state index >= 15 is 0 Å². The van der Waals surface area contributed by atoms with Gasteiger partial charge in [0.05, 0.1) is 18.2 Å². The van der Waals surface area contributed by atoms with Crippen LogP contribution in [0.2, 0.25) is 0 Å². The zero-order valence-corrected chi connectivity index (χ0v) is 13.6. The molecule has 1 aromatic carbocycles. The van der Waals surface area contributed by atoms with Gasteiger partial charge in [0.2, 0.25) is 0 Å². The van der Waals surface area contributed by atoms with Gasteiger partial charge in [-0.3, -0.25) is 4.98 Å². The molecule has 0 aliphatic heterocycles. The number of esters is 1. The summed E-state index contributed by atoms with van der Waals surface area (Å²) in [4.78, 5) is 15.8. The first-order valence-electron chi connectivity index (χ1n) is 6.75. The first-order valence-corrected chi connectivity index (χ1v) is 7.54. The van der Waals surface area contributed by atoms with E-state index in [1.807, 2.05) is 24.4 Å². The van der Waals surface area contributed by atoms with Gasteiger partial charge in [-0.2, -0.15) is 0 Å². The van der Waals surface area contributed by atoms with Crippen LogP contribution in [-0.2, 0) is 4.74 Å². The molecule has 1 aromatic heterocycles. The summed E-state index contributed by atoms with van der Waals surface area (Å²) in [5.41, 5.74) is 2.54. The summed E-state index contributed by atoms with van der Waals surface area (Å²) < 4.78 is 5.81. The summed E-state index contributed by atoms with van der Waals surface area (Å²) in [7, 11) is 0. The van der Waals surface area contributed by atoms with Crippen molar-refractivity contribution in [1.82, 2.24) is 4.98 Å². The molecule has 0 fully saturated rings. The summed E-state index contributed by atoms with van der Waals surface area (Å²) in [6, 6.07) is 9.42. The normalized spacial score (nSPS) is 11.8. The molecule has 1 atom stereocenters. The smallest absolute Gasteiger partial charge is 0.338 e. The highest BCUT2D eigenvalue weighted by atomic mass is 79.9. The fourth-order valence-electron chi connectivity index (χ4n) is 1.92. The Labute approximate surface area is 132 Å². The minimum absolute atomic E-state index is 0.114. The Hall–Kier alpha value is -1.88. The van der Waals surface area contributed by atoms with Crippen LogP contribution in [0.4, 0.5) is 5.69 Å². The highest BCUT2D eigenvalue weighted by molar-refractivity contribution is 9.10. The van der Waals surface area contributed by atoms with Gasteiger partial charge in [0.1, 0.15) is 0 Å². The van der Waals surface area contributed by atoms with Crippen LogP contribution in [0.3, 0.4) is 0 Å². The molecule has 0 saturated carbocycles. The lowest BCUT2D eigenvalue weighted by Gasteiger charge is -2.17. The maximum Gasteiger partial charge on any atom is 0.338 e. The number of carbonyl (C=O) groups is 1. The molecule has 0 radical (unpaired) electrons. The van der Waals surface area contributed by atoms with Crippen LogP contribution in [0.1, 0.15) is 35.8 Å².